The summed E-state index contributed by atoms with van der Waals surface area (Å²) >= 11 is 0. The fraction of sp³-hybridized carbons (Fsp3) is 0.250. The summed E-state index contributed by atoms with van der Waals surface area (Å²) in [4.78, 5) is 4.37. The van der Waals surface area contributed by atoms with Crippen LogP contribution in [0.5, 0.6) is 17.2 Å². The molecule has 0 aliphatic heterocycles. The van der Waals surface area contributed by atoms with Crippen LogP contribution in [0.2, 0.25) is 0 Å². The minimum atomic E-state index is -0.298. The van der Waals surface area contributed by atoms with Crippen LogP contribution in [0.1, 0.15) is 17.2 Å². The Kier molecular flexibility index (Phi) is 6.66. The van der Waals surface area contributed by atoms with Gasteiger partial charge in [0.05, 0.1) is 21.3 Å². The van der Waals surface area contributed by atoms with Crippen LogP contribution in [0.3, 0.4) is 0 Å². The number of halogens is 1. The van der Waals surface area contributed by atoms with Gasteiger partial charge in [0.15, 0.2) is 0 Å². The number of aromatic nitrogens is 1. The molecule has 1 unspecified atom stereocenters. The Balaban J connectivity index is 0.00000243. The summed E-state index contributed by atoms with van der Waals surface area (Å²) in [5.41, 5.74) is 1.90. The molecular formula is C20H22ClNO4. The van der Waals surface area contributed by atoms with Crippen molar-refractivity contribution >= 4 is 23.2 Å². The van der Waals surface area contributed by atoms with Crippen LogP contribution in [0.25, 0.3) is 10.8 Å². The fourth-order valence-corrected chi connectivity index (χ4v) is 2.94. The highest BCUT2D eigenvalue weighted by atomic mass is 35.5. The Morgan fingerprint density at radius 2 is 1.42 bits per heavy atom. The number of hydrogen-bond donors (Lipinski definition) is 0. The van der Waals surface area contributed by atoms with Gasteiger partial charge in [-0.15, -0.1) is 12.4 Å². The van der Waals surface area contributed by atoms with E-state index >= 15 is 0 Å². The van der Waals surface area contributed by atoms with Gasteiger partial charge in [0.2, 0.25) is 0 Å². The summed E-state index contributed by atoms with van der Waals surface area (Å²) < 4.78 is 21.9. The van der Waals surface area contributed by atoms with Crippen LogP contribution in [-0.4, -0.2) is 33.4 Å². The maximum atomic E-state index is 5.80. The van der Waals surface area contributed by atoms with Crippen molar-refractivity contribution in [1.29, 1.82) is 0 Å². The minimum Gasteiger partial charge on any atom is -0.497 e. The summed E-state index contributed by atoms with van der Waals surface area (Å²) in [6.07, 6.45) is 3.35. The topological polar surface area (TPSA) is 49.8 Å². The summed E-state index contributed by atoms with van der Waals surface area (Å²) in [6.45, 7) is 0. The van der Waals surface area contributed by atoms with Gasteiger partial charge in [0, 0.05) is 36.5 Å². The van der Waals surface area contributed by atoms with Crippen LogP contribution in [-0.2, 0) is 4.74 Å². The first-order chi connectivity index (χ1) is 12.2. The van der Waals surface area contributed by atoms with Crippen molar-refractivity contribution in [3.05, 3.63) is 59.9 Å². The molecule has 0 saturated heterocycles. The lowest BCUT2D eigenvalue weighted by Gasteiger charge is -2.19. The number of nitrogens with zero attached hydrogens (tertiary/aromatic N) is 1. The molecule has 3 aromatic rings. The summed E-state index contributed by atoms with van der Waals surface area (Å²) in [7, 11) is 6.59. The zero-order valence-corrected chi connectivity index (χ0v) is 16.0. The standard InChI is InChI=1S/C20H21NO4.ClH/c1-22-15-5-6-18-14(9-15)11-21-12-19(18)20(25-4)13-7-16(23-2)10-17(8-13)24-3;/h5-12,20H,1-4H3;1H. The Morgan fingerprint density at radius 3 is 2.00 bits per heavy atom. The third-order valence-electron chi connectivity index (χ3n) is 4.19. The van der Waals surface area contributed by atoms with Gasteiger partial charge in [-0.25, -0.2) is 0 Å². The summed E-state index contributed by atoms with van der Waals surface area (Å²) in [6, 6.07) is 11.6. The van der Waals surface area contributed by atoms with Crippen LogP contribution in [0.4, 0.5) is 0 Å². The van der Waals surface area contributed by atoms with Crippen LogP contribution in [0, 0.1) is 0 Å². The molecule has 0 amide bonds. The van der Waals surface area contributed by atoms with Crippen LogP contribution >= 0.6 is 12.4 Å². The second-order valence-corrected chi connectivity index (χ2v) is 5.58. The van der Waals surface area contributed by atoms with Gasteiger partial charge in [-0.05, 0) is 35.2 Å². The van der Waals surface area contributed by atoms with E-state index in [1.54, 1.807) is 28.4 Å². The zero-order valence-electron chi connectivity index (χ0n) is 15.2. The Hall–Kier alpha value is -2.50. The van der Waals surface area contributed by atoms with E-state index in [9.17, 15) is 0 Å². The molecule has 1 aromatic heterocycles. The normalized spacial score (nSPS) is 11.5. The fourth-order valence-electron chi connectivity index (χ4n) is 2.94. The number of methoxy groups -OCH3 is 4. The average Bonchev–Trinajstić information content (AvgIpc) is 2.67. The van der Waals surface area contributed by atoms with E-state index < -0.39 is 0 Å². The smallest absolute Gasteiger partial charge is 0.122 e. The predicted octanol–water partition coefficient (Wildman–Crippen LogP) is 4.42. The number of hydrogen-bond acceptors (Lipinski definition) is 5. The van der Waals surface area contributed by atoms with Crippen molar-refractivity contribution < 1.29 is 18.9 Å². The molecule has 5 nitrogen and oxygen atoms in total. The van der Waals surface area contributed by atoms with E-state index in [1.807, 2.05) is 48.8 Å². The molecule has 6 heteroatoms. The van der Waals surface area contributed by atoms with Gasteiger partial charge in [-0.3, -0.25) is 4.98 Å². The maximum Gasteiger partial charge on any atom is 0.122 e. The quantitative estimate of drug-likeness (QED) is 0.638. The molecule has 1 atom stereocenters. The molecular weight excluding hydrogens is 354 g/mol. The van der Waals surface area contributed by atoms with Gasteiger partial charge in [0.25, 0.3) is 0 Å². The number of pyridine rings is 1. The first-order valence-corrected chi connectivity index (χ1v) is 7.87. The van der Waals surface area contributed by atoms with E-state index in [0.29, 0.717) is 11.5 Å². The van der Waals surface area contributed by atoms with Gasteiger partial charge in [-0.2, -0.15) is 0 Å². The van der Waals surface area contributed by atoms with Crippen molar-refractivity contribution in [1.82, 2.24) is 4.98 Å². The molecule has 0 N–H and O–H groups in total. The van der Waals surface area contributed by atoms with Crippen LogP contribution < -0.4 is 14.2 Å². The van der Waals surface area contributed by atoms with E-state index in [-0.39, 0.29) is 18.5 Å². The van der Waals surface area contributed by atoms with Crippen molar-refractivity contribution in [3.63, 3.8) is 0 Å². The average molecular weight is 376 g/mol. The van der Waals surface area contributed by atoms with Crippen molar-refractivity contribution in [2.75, 3.05) is 28.4 Å². The molecule has 2 aromatic carbocycles. The highest BCUT2D eigenvalue weighted by Gasteiger charge is 2.19. The van der Waals surface area contributed by atoms with E-state index in [4.69, 9.17) is 18.9 Å². The largest absolute Gasteiger partial charge is 0.497 e. The predicted molar refractivity (Wildman–Crippen MR) is 104 cm³/mol. The second kappa shape index (κ2) is 8.74. The van der Waals surface area contributed by atoms with Gasteiger partial charge in [0.1, 0.15) is 23.4 Å². The van der Waals surface area contributed by atoms with Crippen molar-refractivity contribution in [3.8, 4) is 17.2 Å². The van der Waals surface area contributed by atoms with E-state index in [0.717, 1.165) is 27.6 Å². The number of ether oxygens (including phenoxy) is 4. The highest BCUT2D eigenvalue weighted by Crippen LogP contribution is 2.35. The number of rotatable bonds is 6. The lowest BCUT2D eigenvalue weighted by molar-refractivity contribution is 0.137. The number of benzene rings is 2. The van der Waals surface area contributed by atoms with Gasteiger partial charge >= 0.3 is 0 Å². The zero-order chi connectivity index (χ0) is 17.8. The molecule has 0 spiro atoms. The monoisotopic (exact) mass is 375 g/mol. The molecule has 138 valence electrons. The molecule has 0 fully saturated rings. The molecule has 0 aliphatic carbocycles. The van der Waals surface area contributed by atoms with E-state index in [1.165, 1.54) is 0 Å². The highest BCUT2D eigenvalue weighted by molar-refractivity contribution is 5.86. The van der Waals surface area contributed by atoms with E-state index in [2.05, 4.69) is 4.98 Å². The SMILES string of the molecule is COc1cc(OC)cc(C(OC)c2cncc3cc(OC)ccc23)c1.Cl. The minimum absolute atomic E-state index is 0. The molecule has 3 rings (SSSR count). The molecule has 0 radical (unpaired) electrons. The molecule has 26 heavy (non-hydrogen) atoms. The maximum absolute atomic E-state index is 5.80. The van der Waals surface area contributed by atoms with Gasteiger partial charge in [-0.1, -0.05) is 6.07 Å². The lowest BCUT2D eigenvalue weighted by Crippen LogP contribution is -2.06. The summed E-state index contributed by atoms with van der Waals surface area (Å²) in [5, 5.41) is 2.05. The third kappa shape index (κ3) is 3.84. The van der Waals surface area contributed by atoms with Crippen LogP contribution in [0.15, 0.2) is 48.8 Å². The first kappa shape index (κ1) is 19.8. The van der Waals surface area contributed by atoms with Crippen molar-refractivity contribution in [2.24, 2.45) is 0 Å². The molecule has 0 bridgehead atoms. The Bertz CT molecular complexity index is 863. The third-order valence-corrected chi connectivity index (χ3v) is 4.19. The molecule has 0 saturated carbocycles. The second-order valence-electron chi connectivity index (χ2n) is 5.58. The number of fused-ring (bicyclic) bond motifs is 1. The Morgan fingerprint density at radius 1 is 0.769 bits per heavy atom. The lowest BCUT2D eigenvalue weighted by atomic mass is 9.97. The Labute approximate surface area is 159 Å². The molecule has 0 aliphatic rings. The first-order valence-electron chi connectivity index (χ1n) is 7.87. The van der Waals surface area contributed by atoms with Crippen molar-refractivity contribution in [2.45, 2.75) is 6.10 Å². The summed E-state index contributed by atoms with van der Waals surface area (Å²) in [5.74, 6) is 2.22. The molecule has 1 heterocycles. The van der Waals surface area contributed by atoms with Gasteiger partial charge < -0.3 is 18.9 Å².